The van der Waals surface area contributed by atoms with Gasteiger partial charge in [0.25, 0.3) is 0 Å². The van der Waals surface area contributed by atoms with Gasteiger partial charge in [0.05, 0.1) is 6.61 Å². The summed E-state index contributed by atoms with van der Waals surface area (Å²) in [6.07, 6.45) is 5.74. The number of carbonyl (C=O) groups is 1. The molecule has 0 amide bonds. The highest BCUT2D eigenvalue weighted by Gasteiger charge is 2.37. The monoisotopic (exact) mass is 237 g/mol. The molecule has 5 nitrogen and oxygen atoms in total. The molecule has 1 aliphatic carbocycles. The molecule has 1 aromatic rings. The first-order valence-electron chi connectivity index (χ1n) is 6.02. The summed E-state index contributed by atoms with van der Waals surface area (Å²) in [6, 6.07) is 0. The van der Waals surface area contributed by atoms with Gasteiger partial charge in [-0.25, -0.2) is 4.79 Å². The molecule has 1 aromatic heterocycles. The first-order valence-corrected chi connectivity index (χ1v) is 6.02. The van der Waals surface area contributed by atoms with E-state index in [1.54, 1.807) is 11.6 Å². The molecule has 0 atom stereocenters. The largest absolute Gasteiger partial charge is 0.461 e. The molecular weight excluding hydrogens is 218 g/mol. The number of aryl methyl sites for hydroxylation is 2. The average Bonchev–Trinajstić information content (AvgIpc) is 2.88. The van der Waals surface area contributed by atoms with Crippen LogP contribution in [0.5, 0.6) is 0 Å². The van der Waals surface area contributed by atoms with Crippen molar-refractivity contribution in [3.8, 4) is 0 Å². The van der Waals surface area contributed by atoms with Gasteiger partial charge in [0.15, 0.2) is 5.69 Å². The Kier molecular flexibility index (Phi) is 3.19. The minimum Gasteiger partial charge on any atom is -0.461 e. The molecule has 1 aliphatic rings. The van der Waals surface area contributed by atoms with Gasteiger partial charge < -0.3 is 10.5 Å². The fourth-order valence-electron chi connectivity index (χ4n) is 1.89. The molecule has 0 aromatic carbocycles. The molecule has 2 rings (SSSR count). The predicted octanol–water partition coefficient (Wildman–Crippen LogP) is 1.02. The summed E-state index contributed by atoms with van der Waals surface area (Å²) in [5.74, 6) is -0.343. The number of nitrogens with zero attached hydrogens (tertiary/aromatic N) is 2. The molecule has 0 spiro atoms. The highest BCUT2D eigenvalue weighted by atomic mass is 16.5. The SMILES string of the molecule is CCOC(=O)c1nn(C)cc1CCC1(N)CC1. The van der Waals surface area contributed by atoms with E-state index in [4.69, 9.17) is 10.5 Å². The van der Waals surface area contributed by atoms with Crippen LogP contribution in [0.1, 0.15) is 42.2 Å². The van der Waals surface area contributed by atoms with Crippen molar-refractivity contribution >= 4 is 5.97 Å². The zero-order valence-corrected chi connectivity index (χ0v) is 10.4. The third kappa shape index (κ3) is 2.85. The second kappa shape index (κ2) is 4.49. The lowest BCUT2D eigenvalue weighted by molar-refractivity contribution is 0.0517. The van der Waals surface area contributed by atoms with Crippen molar-refractivity contribution in [3.05, 3.63) is 17.5 Å². The summed E-state index contributed by atoms with van der Waals surface area (Å²) in [5.41, 5.74) is 7.41. The smallest absolute Gasteiger partial charge is 0.359 e. The minimum absolute atomic E-state index is 0.00176. The molecule has 0 radical (unpaired) electrons. The van der Waals surface area contributed by atoms with Gasteiger partial charge in [-0.15, -0.1) is 0 Å². The first kappa shape index (κ1) is 12.1. The predicted molar refractivity (Wildman–Crippen MR) is 63.6 cm³/mol. The van der Waals surface area contributed by atoms with Crippen LogP contribution in [-0.2, 0) is 18.2 Å². The second-order valence-electron chi connectivity index (χ2n) is 4.76. The Balaban J connectivity index is 2.06. The number of nitrogens with two attached hydrogens (primary N) is 1. The van der Waals surface area contributed by atoms with Crippen molar-refractivity contribution in [3.63, 3.8) is 0 Å². The molecule has 0 aliphatic heterocycles. The van der Waals surface area contributed by atoms with Crippen molar-refractivity contribution in [2.75, 3.05) is 6.61 Å². The van der Waals surface area contributed by atoms with Gasteiger partial charge in [0.1, 0.15) is 0 Å². The fourth-order valence-corrected chi connectivity index (χ4v) is 1.89. The maximum absolute atomic E-state index is 11.7. The minimum atomic E-state index is -0.343. The molecular formula is C12H19N3O2. The molecule has 1 heterocycles. The number of rotatable bonds is 5. The van der Waals surface area contributed by atoms with Crippen LogP contribution in [0.15, 0.2) is 6.20 Å². The first-order chi connectivity index (χ1) is 8.04. The number of carbonyl (C=O) groups excluding carboxylic acids is 1. The topological polar surface area (TPSA) is 70.1 Å². The number of esters is 1. The lowest BCUT2D eigenvalue weighted by Crippen LogP contribution is -2.22. The van der Waals surface area contributed by atoms with E-state index in [9.17, 15) is 4.79 Å². The van der Waals surface area contributed by atoms with Crippen LogP contribution in [-0.4, -0.2) is 27.9 Å². The van der Waals surface area contributed by atoms with Gasteiger partial charge in [0, 0.05) is 24.3 Å². The Morgan fingerprint density at radius 3 is 2.94 bits per heavy atom. The van der Waals surface area contributed by atoms with Gasteiger partial charge in [-0.1, -0.05) is 0 Å². The van der Waals surface area contributed by atoms with Gasteiger partial charge in [-0.2, -0.15) is 5.10 Å². The van der Waals surface area contributed by atoms with Gasteiger partial charge in [-0.3, -0.25) is 4.68 Å². The van der Waals surface area contributed by atoms with E-state index in [-0.39, 0.29) is 11.5 Å². The second-order valence-corrected chi connectivity index (χ2v) is 4.76. The summed E-state index contributed by atoms with van der Waals surface area (Å²) in [6.45, 7) is 2.16. The molecule has 1 saturated carbocycles. The van der Waals surface area contributed by atoms with E-state index in [1.165, 1.54) is 0 Å². The van der Waals surface area contributed by atoms with Gasteiger partial charge in [0.2, 0.25) is 0 Å². The molecule has 0 saturated heterocycles. The third-order valence-corrected chi connectivity index (χ3v) is 3.16. The Hall–Kier alpha value is -1.36. The van der Waals surface area contributed by atoms with E-state index in [1.807, 2.05) is 13.2 Å². The van der Waals surface area contributed by atoms with Crippen LogP contribution in [0, 0.1) is 0 Å². The number of aromatic nitrogens is 2. The lowest BCUT2D eigenvalue weighted by Gasteiger charge is -2.07. The third-order valence-electron chi connectivity index (χ3n) is 3.16. The van der Waals surface area contributed by atoms with E-state index in [2.05, 4.69) is 5.10 Å². The molecule has 0 unspecified atom stereocenters. The Morgan fingerprint density at radius 2 is 2.35 bits per heavy atom. The quantitative estimate of drug-likeness (QED) is 0.776. The lowest BCUT2D eigenvalue weighted by atomic mass is 10.1. The maximum atomic E-state index is 11.7. The zero-order valence-electron chi connectivity index (χ0n) is 10.4. The van der Waals surface area contributed by atoms with E-state index >= 15 is 0 Å². The summed E-state index contributed by atoms with van der Waals surface area (Å²) >= 11 is 0. The van der Waals surface area contributed by atoms with Crippen LogP contribution in [0.2, 0.25) is 0 Å². The van der Waals surface area contributed by atoms with Crippen LogP contribution in [0.3, 0.4) is 0 Å². The van der Waals surface area contributed by atoms with Crippen LogP contribution >= 0.6 is 0 Å². The number of ether oxygens (including phenoxy) is 1. The molecule has 94 valence electrons. The summed E-state index contributed by atoms with van der Waals surface area (Å²) in [7, 11) is 1.81. The summed E-state index contributed by atoms with van der Waals surface area (Å²) in [5, 5.41) is 4.15. The van der Waals surface area contributed by atoms with E-state index in [0.29, 0.717) is 12.3 Å². The normalized spacial score (nSPS) is 16.9. The zero-order chi connectivity index (χ0) is 12.5. The Labute approximate surface area is 101 Å². The Morgan fingerprint density at radius 1 is 1.65 bits per heavy atom. The standard InChI is InChI=1S/C12H19N3O2/c1-3-17-11(16)10-9(8-15(2)14-10)4-5-12(13)6-7-12/h8H,3-7,13H2,1-2H3. The molecule has 2 N–H and O–H groups in total. The maximum Gasteiger partial charge on any atom is 0.359 e. The molecule has 0 bridgehead atoms. The van der Waals surface area contributed by atoms with Crippen LogP contribution in [0.25, 0.3) is 0 Å². The van der Waals surface area contributed by atoms with Crippen molar-refractivity contribution in [1.29, 1.82) is 0 Å². The fraction of sp³-hybridized carbons (Fsp3) is 0.667. The molecule has 5 heteroatoms. The molecule has 1 fully saturated rings. The van der Waals surface area contributed by atoms with Gasteiger partial charge in [-0.05, 0) is 32.6 Å². The number of hydrogen-bond donors (Lipinski definition) is 1. The summed E-state index contributed by atoms with van der Waals surface area (Å²) in [4.78, 5) is 11.7. The van der Waals surface area contributed by atoms with E-state index < -0.39 is 0 Å². The van der Waals surface area contributed by atoms with Crippen molar-refractivity contribution < 1.29 is 9.53 Å². The van der Waals surface area contributed by atoms with Crippen molar-refractivity contribution in [1.82, 2.24) is 9.78 Å². The van der Waals surface area contributed by atoms with Crippen LogP contribution in [0.4, 0.5) is 0 Å². The highest BCUT2D eigenvalue weighted by molar-refractivity contribution is 5.88. The van der Waals surface area contributed by atoms with Crippen molar-refractivity contribution in [2.24, 2.45) is 12.8 Å². The van der Waals surface area contributed by atoms with Crippen LogP contribution < -0.4 is 5.73 Å². The Bertz CT molecular complexity index is 421. The number of hydrogen-bond acceptors (Lipinski definition) is 4. The highest BCUT2D eigenvalue weighted by Crippen LogP contribution is 2.36. The van der Waals surface area contributed by atoms with E-state index in [0.717, 1.165) is 31.2 Å². The van der Waals surface area contributed by atoms with Crippen molar-refractivity contribution in [2.45, 2.75) is 38.1 Å². The summed E-state index contributed by atoms with van der Waals surface area (Å²) < 4.78 is 6.63. The molecule has 17 heavy (non-hydrogen) atoms. The average molecular weight is 237 g/mol. The van der Waals surface area contributed by atoms with Gasteiger partial charge >= 0.3 is 5.97 Å².